The summed E-state index contributed by atoms with van der Waals surface area (Å²) in [6.45, 7) is 2.00. The van der Waals surface area contributed by atoms with Gasteiger partial charge in [0.2, 0.25) is 0 Å². The Bertz CT molecular complexity index is 1420. The molecule has 1 saturated heterocycles. The SMILES string of the molecule is COc1cc([C@@H]2[C@H](C)N[C@]3(C(=O)Nc4ccccc43)[C@H]2[N+](=O)[O-])cc(Br)c1OCc1ccc(Cl)cc1Cl. The van der Waals surface area contributed by atoms with Crippen LogP contribution in [0, 0.1) is 10.1 Å². The van der Waals surface area contributed by atoms with Crippen LogP contribution in [0.5, 0.6) is 11.5 Å². The first kappa shape index (κ1) is 25.8. The molecule has 0 radical (unpaired) electrons. The third-order valence-electron chi connectivity index (χ3n) is 6.99. The average Bonchev–Trinajstić information content (AvgIpc) is 3.32. The van der Waals surface area contributed by atoms with Crippen LogP contribution in [0.25, 0.3) is 0 Å². The van der Waals surface area contributed by atoms with Crippen molar-refractivity contribution in [1.82, 2.24) is 5.32 Å². The monoisotopic (exact) mass is 605 g/mol. The Balaban J connectivity index is 1.53. The molecule has 0 bridgehead atoms. The number of nitrogens with zero attached hydrogens (tertiary/aromatic N) is 1. The highest BCUT2D eigenvalue weighted by Gasteiger charge is 2.67. The second-order valence-electron chi connectivity index (χ2n) is 9.06. The Morgan fingerprint density at radius 3 is 2.62 bits per heavy atom. The predicted octanol–water partition coefficient (Wildman–Crippen LogP) is 5.91. The number of nitrogens with one attached hydrogen (secondary N) is 2. The molecule has 8 nitrogen and oxygen atoms in total. The summed E-state index contributed by atoms with van der Waals surface area (Å²) < 4.78 is 12.2. The molecule has 1 fully saturated rings. The normalized spacial score (nSPS) is 24.1. The molecule has 192 valence electrons. The average molecular weight is 607 g/mol. The van der Waals surface area contributed by atoms with Crippen LogP contribution in [0.1, 0.15) is 29.5 Å². The first-order valence-corrected chi connectivity index (χ1v) is 13.0. The third kappa shape index (κ3) is 4.24. The van der Waals surface area contributed by atoms with Crippen LogP contribution in [0.4, 0.5) is 5.69 Å². The molecule has 4 atom stereocenters. The van der Waals surface area contributed by atoms with Crippen LogP contribution in [-0.2, 0) is 16.9 Å². The molecule has 1 spiro atoms. The van der Waals surface area contributed by atoms with Gasteiger partial charge in [0.05, 0.1) is 17.5 Å². The van der Waals surface area contributed by atoms with E-state index in [0.29, 0.717) is 42.8 Å². The van der Waals surface area contributed by atoms with Crippen molar-refractivity contribution in [3.8, 4) is 11.5 Å². The molecule has 1 amide bonds. The number of methoxy groups -OCH3 is 1. The fourth-order valence-corrected chi connectivity index (χ4v) is 6.45. The van der Waals surface area contributed by atoms with Gasteiger partial charge >= 0.3 is 0 Å². The largest absolute Gasteiger partial charge is 0.493 e. The van der Waals surface area contributed by atoms with E-state index in [2.05, 4.69) is 26.6 Å². The van der Waals surface area contributed by atoms with Crippen LogP contribution in [0.3, 0.4) is 0 Å². The summed E-state index contributed by atoms with van der Waals surface area (Å²) in [5.41, 5.74) is 1.02. The highest BCUT2D eigenvalue weighted by molar-refractivity contribution is 9.10. The summed E-state index contributed by atoms with van der Waals surface area (Å²) in [6, 6.07) is 14.0. The van der Waals surface area contributed by atoms with E-state index in [9.17, 15) is 14.9 Å². The van der Waals surface area contributed by atoms with Gasteiger partial charge < -0.3 is 14.8 Å². The van der Waals surface area contributed by atoms with Crippen LogP contribution >= 0.6 is 39.1 Å². The number of anilines is 1. The molecule has 5 rings (SSSR count). The van der Waals surface area contributed by atoms with E-state index >= 15 is 0 Å². The molecule has 2 N–H and O–H groups in total. The zero-order chi connectivity index (χ0) is 26.5. The molecule has 2 heterocycles. The van der Waals surface area contributed by atoms with Gasteiger partial charge in [-0.3, -0.25) is 20.2 Å². The molecule has 0 saturated carbocycles. The minimum absolute atomic E-state index is 0.156. The Labute approximate surface area is 231 Å². The second kappa shape index (κ2) is 9.79. The number of halogens is 3. The lowest BCUT2D eigenvalue weighted by Gasteiger charge is -2.25. The molecule has 3 aromatic carbocycles. The van der Waals surface area contributed by atoms with Crippen LogP contribution in [-0.4, -0.2) is 30.0 Å². The van der Waals surface area contributed by atoms with Gasteiger partial charge in [-0.1, -0.05) is 47.5 Å². The number of ether oxygens (including phenoxy) is 2. The molecule has 2 aliphatic heterocycles. The zero-order valence-corrected chi connectivity index (χ0v) is 22.9. The number of benzene rings is 3. The lowest BCUT2D eigenvalue weighted by Crippen LogP contribution is -2.54. The van der Waals surface area contributed by atoms with Gasteiger partial charge in [-0.15, -0.1) is 0 Å². The second-order valence-corrected chi connectivity index (χ2v) is 10.8. The molecular formula is C26H22BrCl2N3O5. The summed E-state index contributed by atoms with van der Waals surface area (Å²) in [5.74, 6) is -0.263. The maximum Gasteiger partial charge on any atom is 0.256 e. The summed E-state index contributed by atoms with van der Waals surface area (Å²) in [7, 11) is 1.50. The summed E-state index contributed by atoms with van der Waals surface area (Å²) in [5, 5.41) is 19.6. The molecular weight excluding hydrogens is 585 g/mol. The standard InChI is InChI=1S/C26H22BrCl2N3O5/c1-13-22(24(32(34)35)26(31-13)17-5-3-4-6-20(17)30-25(26)33)15-9-18(27)23(21(10-15)36-2)37-12-14-7-8-16(28)11-19(14)29/h3-11,13,22,24,31H,12H2,1-2H3,(H,30,33)/t13-,22-,24-,26-/m0/s1. The molecule has 0 unspecified atom stereocenters. The van der Waals surface area contributed by atoms with E-state index in [4.69, 9.17) is 32.7 Å². The van der Waals surface area contributed by atoms with Gasteiger partial charge in [-0.2, -0.15) is 0 Å². The van der Waals surface area contributed by atoms with Gasteiger partial charge in [-0.25, -0.2) is 0 Å². The maximum absolute atomic E-state index is 13.3. The predicted molar refractivity (Wildman–Crippen MR) is 144 cm³/mol. The quantitative estimate of drug-likeness (QED) is 0.267. The van der Waals surface area contributed by atoms with Crippen molar-refractivity contribution >= 4 is 50.7 Å². The number of nitro groups is 1. The van der Waals surface area contributed by atoms with Crippen molar-refractivity contribution in [3.05, 3.63) is 95.9 Å². The fraction of sp³-hybridized carbons (Fsp3) is 0.269. The molecule has 11 heteroatoms. The smallest absolute Gasteiger partial charge is 0.256 e. The van der Waals surface area contributed by atoms with Crippen LogP contribution < -0.4 is 20.1 Å². The number of hydrogen-bond acceptors (Lipinski definition) is 6. The molecule has 37 heavy (non-hydrogen) atoms. The Morgan fingerprint density at radius 2 is 1.92 bits per heavy atom. The summed E-state index contributed by atoms with van der Waals surface area (Å²) in [4.78, 5) is 25.5. The van der Waals surface area contributed by atoms with Gasteiger partial charge in [0.25, 0.3) is 11.9 Å². The Morgan fingerprint density at radius 1 is 1.16 bits per heavy atom. The van der Waals surface area contributed by atoms with Crippen molar-refractivity contribution < 1.29 is 19.2 Å². The molecule has 0 aliphatic carbocycles. The van der Waals surface area contributed by atoms with Crippen molar-refractivity contribution in [2.24, 2.45) is 0 Å². The van der Waals surface area contributed by atoms with Crippen molar-refractivity contribution in [2.75, 3.05) is 12.4 Å². The number of amides is 1. The third-order valence-corrected chi connectivity index (χ3v) is 8.16. The molecule has 3 aromatic rings. The number of para-hydroxylation sites is 1. The Hall–Kier alpha value is -2.85. The highest BCUT2D eigenvalue weighted by atomic mass is 79.9. The van der Waals surface area contributed by atoms with E-state index in [0.717, 1.165) is 5.56 Å². The summed E-state index contributed by atoms with van der Waals surface area (Å²) in [6.07, 6.45) is 0. The topological polar surface area (TPSA) is 103 Å². The van der Waals surface area contributed by atoms with Crippen molar-refractivity contribution in [3.63, 3.8) is 0 Å². The van der Waals surface area contributed by atoms with Gasteiger partial charge in [0.15, 0.2) is 17.0 Å². The number of fused-ring (bicyclic) bond motifs is 2. The van der Waals surface area contributed by atoms with E-state index in [1.807, 2.05) is 6.92 Å². The first-order chi connectivity index (χ1) is 17.7. The number of rotatable bonds is 6. The van der Waals surface area contributed by atoms with E-state index in [1.165, 1.54) is 7.11 Å². The highest BCUT2D eigenvalue weighted by Crippen LogP contribution is 2.51. The van der Waals surface area contributed by atoms with E-state index in [1.54, 1.807) is 54.6 Å². The van der Waals surface area contributed by atoms with Crippen molar-refractivity contribution in [2.45, 2.75) is 37.1 Å². The zero-order valence-electron chi connectivity index (χ0n) is 19.8. The van der Waals surface area contributed by atoms with Crippen LogP contribution in [0.15, 0.2) is 59.1 Å². The minimum atomic E-state index is -1.50. The van der Waals surface area contributed by atoms with Crippen molar-refractivity contribution in [1.29, 1.82) is 0 Å². The lowest BCUT2D eigenvalue weighted by molar-refractivity contribution is -0.532. The van der Waals surface area contributed by atoms with E-state index in [-0.39, 0.29) is 11.5 Å². The first-order valence-electron chi connectivity index (χ1n) is 11.4. The lowest BCUT2D eigenvalue weighted by atomic mass is 9.78. The van der Waals surface area contributed by atoms with Gasteiger partial charge in [0, 0.05) is 37.8 Å². The molecule has 0 aromatic heterocycles. The Kier molecular flexibility index (Phi) is 6.83. The summed E-state index contributed by atoms with van der Waals surface area (Å²) >= 11 is 15.8. The fourth-order valence-electron chi connectivity index (χ4n) is 5.41. The van der Waals surface area contributed by atoms with Gasteiger partial charge in [0.1, 0.15) is 6.61 Å². The molecule has 2 aliphatic rings. The van der Waals surface area contributed by atoms with Gasteiger partial charge in [-0.05, 0) is 58.7 Å². The minimum Gasteiger partial charge on any atom is -0.493 e. The van der Waals surface area contributed by atoms with Crippen LogP contribution in [0.2, 0.25) is 10.0 Å². The number of carbonyl (C=O) groups excluding carboxylic acids is 1. The van der Waals surface area contributed by atoms with E-state index < -0.39 is 29.4 Å². The number of carbonyl (C=O) groups is 1. The number of hydrogen-bond donors (Lipinski definition) is 2. The maximum atomic E-state index is 13.3.